The molecule has 0 fully saturated rings. The third-order valence-corrected chi connectivity index (χ3v) is 4.81. The van der Waals surface area contributed by atoms with Crippen LogP contribution < -0.4 is 4.74 Å². The van der Waals surface area contributed by atoms with Crippen LogP contribution in [0.1, 0.15) is 35.3 Å². The van der Waals surface area contributed by atoms with Crippen LogP contribution >= 0.6 is 0 Å². The summed E-state index contributed by atoms with van der Waals surface area (Å²) >= 11 is 0. The molecule has 0 N–H and O–H groups in total. The summed E-state index contributed by atoms with van der Waals surface area (Å²) in [6.45, 7) is 4.51. The van der Waals surface area contributed by atoms with Crippen molar-refractivity contribution in [2.24, 2.45) is 16.1 Å². The van der Waals surface area contributed by atoms with Crippen molar-refractivity contribution in [3.05, 3.63) is 83.4 Å². The van der Waals surface area contributed by atoms with Crippen LogP contribution in [0.3, 0.4) is 0 Å². The molecule has 134 valence electrons. The third-order valence-electron chi connectivity index (χ3n) is 4.81. The molecule has 0 bridgehead atoms. The summed E-state index contributed by atoms with van der Waals surface area (Å²) in [5, 5.41) is 8.80. The molecule has 4 nitrogen and oxygen atoms in total. The Morgan fingerprint density at radius 1 is 1.07 bits per heavy atom. The van der Waals surface area contributed by atoms with Gasteiger partial charge in [0.1, 0.15) is 5.75 Å². The predicted molar refractivity (Wildman–Crippen MR) is 109 cm³/mol. The molecule has 1 atom stereocenters. The first-order chi connectivity index (χ1) is 13.2. The Balaban J connectivity index is 1.61. The van der Waals surface area contributed by atoms with Crippen LogP contribution in [0.4, 0.5) is 0 Å². The Hall–Kier alpha value is -3.27. The Labute approximate surface area is 158 Å². The minimum absolute atomic E-state index is 0.0915. The zero-order chi connectivity index (χ0) is 18.8. The van der Waals surface area contributed by atoms with E-state index in [1.54, 1.807) is 0 Å². The highest BCUT2D eigenvalue weighted by Crippen LogP contribution is 2.39. The quantitative estimate of drug-likeness (QED) is 0.588. The molecule has 0 saturated carbocycles. The molecule has 2 aliphatic rings. The highest BCUT2D eigenvalue weighted by molar-refractivity contribution is 6.29. The van der Waals surface area contributed by atoms with E-state index in [1.165, 1.54) is 0 Å². The summed E-state index contributed by atoms with van der Waals surface area (Å²) in [5.41, 5.74) is 5.20. The Morgan fingerprint density at radius 3 is 2.56 bits per heavy atom. The molecule has 0 saturated heterocycles. The number of rotatable bonds is 4. The maximum atomic E-state index is 12.8. The van der Waals surface area contributed by atoms with E-state index in [-0.39, 0.29) is 11.7 Å². The summed E-state index contributed by atoms with van der Waals surface area (Å²) < 4.78 is 5.47. The summed E-state index contributed by atoms with van der Waals surface area (Å²) in [7, 11) is 0. The second-order valence-electron chi connectivity index (χ2n) is 6.49. The molecular weight excluding hydrogens is 336 g/mol. The lowest BCUT2D eigenvalue weighted by atomic mass is 9.90. The normalized spacial score (nSPS) is 19.7. The maximum absolute atomic E-state index is 12.8. The van der Waals surface area contributed by atoms with Crippen LogP contribution in [0.5, 0.6) is 5.75 Å². The lowest BCUT2D eigenvalue weighted by Gasteiger charge is -2.14. The number of carbonyl (C=O) groups is 1. The van der Waals surface area contributed by atoms with Crippen molar-refractivity contribution in [2.45, 2.75) is 13.8 Å². The van der Waals surface area contributed by atoms with Gasteiger partial charge in [0.25, 0.3) is 0 Å². The molecule has 0 aliphatic heterocycles. The number of benzene rings is 2. The van der Waals surface area contributed by atoms with Gasteiger partial charge in [-0.1, -0.05) is 36.4 Å². The lowest BCUT2D eigenvalue weighted by Crippen LogP contribution is -2.20. The third kappa shape index (κ3) is 3.14. The predicted octanol–water partition coefficient (Wildman–Crippen LogP) is 4.72. The van der Waals surface area contributed by atoms with Crippen molar-refractivity contribution in [2.75, 3.05) is 6.61 Å². The van der Waals surface area contributed by atoms with Gasteiger partial charge in [0.2, 0.25) is 0 Å². The molecule has 0 radical (unpaired) electrons. The molecule has 27 heavy (non-hydrogen) atoms. The standard InChI is InChI=1S/C23H20N2O2/c1-3-27-17-13-11-16(12-14-17)15(2)24-25-21-10-6-9-19-18-7-4-5-8-20(18)23(26)22(19)21/h4-14,22H,3H2,1-2H3. The number of hydrogen-bond donors (Lipinski definition) is 0. The molecule has 4 heteroatoms. The van der Waals surface area contributed by atoms with Gasteiger partial charge >= 0.3 is 0 Å². The largest absolute Gasteiger partial charge is 0.494 e. The van der Waals surface area contributed by atoms with Crippen molar-refractivity contribution in [1.29, 1.82) is 0 Å². The number of fused-ring (bicyclic) bond motifs is 3. The first kappa shape index (κ1) is 17.2. The van der Waals surface area contributed by atoms with E-state index in [9.17, 15) is 4.79 Å². The number of ether oxygens (including phenoxy) is 1. The van der Waals surface area contributed by atoms with E-state index in [1.807, 2.05) is 80.6 Å². The van der Waals surface area contributed by atoms with Gasteiger partial charge in [-0.15, -0.1) is 0 Å². The van der Waals surface area contributed by atoms with Gasteiger partial charge in [-0.3, -0.25) is 4.79 Å². The molecule has 0 spiro atoms. The molecule has 0 amide bonds. The molecule has 0 aromatic heterocycles. The fourth-order valence-corrected chi connectivity index (χ4v) is 3.47. The zero-order valence-electron chi connectivity index (χ0n) is 15.3. The minimum Gasteiger partial charge on any atom is -0.494 e. The van der Waals surface area contributed by atoms with Crippen molar-refractivity contribution < 1.29 is 9.53 Å². The second-order valence-corrected chi connectivity index (χ2v) is 6.49. The number of Topliss-reactive ketones (excluding diaryl/α,β-unsaturated/α-hetero) is 1. The summed E-state index contributed by atoms with van der Waals surface area (Å²) in [6.07, 6.45) is 5.80. The van der Waals surface area contributed by atoms with Crippen molar-refractivity contribution in [1.82, 2.24) is 0 Å². The van der Waals surface area contributed by atoms with Crippen molar-refractivity contribution >= 4 is 22.8 Å². The van der Waals surface area contributed by atoms with Gasteiger partial charge in [-0.2, -0.15) is 10.2 Å². The highest BCUT2D eigenvalue weighted by Gasteiger charge is 2.38. The van der Waals surface area contributed by atoms with Crippen LogP contribution in [-0.4, -0.2) is 23.8 Å². The average molecular weight is 356 g/mol. The Bertz CT molecular complexity index is 1010. The number of ketones is 1. The fraction of sp³-hybridized carbons (Fsp3) is 0.174. The second kappa shape index (κ2) is 7.16. The highest BCUT2D eigenvalue weighted by atomic mass is 16.5. The van der Waals surface area contributed by atoms with Crippen LogP contribution in [0.2, 0.25) is 0 Å². The first-order valence-corrected chi connectivity index (χ1v) is 9.06. The van der Waals surface area contributed by atoms with Gasteiger partial charge in [0.15, 0.2) is 5.78 Å². The van der Waals surface area contributed by atoms with Crippen LogP contribution in [0, 0.1) is 5.92 Å². The van der Waals surface area contributed by atoms with Crippen LogP contribution in [0.15, 0.2) is 77.0 Å². The van der Waals surface area contributed by atoms with E-state index in [4.69, 9.17) is 4.74 Å². The first-order valence-electron chi connectivity index (χ1n) is 9.06. The van der Waals surface area contributed by atoms with Gasteiger partial charge in [-0.05, 0) is 60.9 Å². The maximum Gasteiger partial charge on any atom is 0.177 e. The van der Waals surface area contributed by atoms with E-state index < -0.39 is 0 Å². The van der Waals surface area contributed by atoms with E-state index in [2.05, 4.69) is 10.2 Å². The summed E-state index contributed by atoms with van der Waals surface area (Å²) in [6, 6.07) is 15.5. The van der Waals surface area contributed by atoms with E-state index >= 15 is 0 Å². The zero-order valence-corrected chi connectivity index (χ0v) is 15.3. The Kier molecular flexibility index (Phi) is 4.55. The fourth-order valence-electron chi connectivity index (χ4n) is 3.47. The smallest absolute Gasteiger partial charge is 0.177 e. The van der Waals surface area contributed by atoms with Crippen molar-refractivity contribution in [3.8, 4) is 5.75 Å². The number of nitrogens with zero attached hydrogens (tertiary/aromatic N) is 2. The van der Waals surface area contributed by atoms with Gasteiger partial charge in [-0.25, -0.2) is 0 Å². The number of allylic oxidation sites excluding steroid dienone is 4. The van der Waals surface area contributed by atoms with Crippen LogP contribution in [0.25, 0.3) is 5.57 Å². The molecule has 1 unspecified atom stereocenters. The molecular formula is C23H20N2O2. The van der Waals surface area contributed by atoms with Gasteiger partial charge in [0.05, 0.1) is 23.9 Å². The lowest BCUT2D eigenvalue weighted by molar-refractivity contribution is 0.0983. The monoisotopic (exact) mass is 356 g/mol. The number of carbonyl (C=O) groups excluding carboxylic acids is 1. The molecule has 4 rings (SSSR count). The van der Waals surface area contributed by atoms with Gasteiger partial charge < -0.3 is 4.74 Å². The van der Waals surface area contributed by atoms with E-state index in [0.717, 1.165) is 33.7 Å². The average Bonchev–Trinajstić information content (AvgIpc) is 3.00. The topological polar surface area (TPSA) is 51.0 Å². The Morgan fingerprint density at radius 2 is 1.81 bits per heavy atom. The SMILES string of the molecule is CCOc1ccc(C(C)=NN=C2C=CC=C3c4ccccc4C(=O)C32)cc1. The van der Waals surface area contributed by atoms with Crippen LogP contribution in [-0.2, 0) is 0 Å². The molecule has 2 aromatic carbocycles. The molecule has 0 heterocycles. The molecule has 2 aliphatic carbocycles. The van der Waals surface area contributed by atoms with E-state index in [0.29, 0.717) is 12.3 Å². The number of hydrogen-bond acceptors (Lipinski definition) is 4. The minimum atomic E-state index is -0.357. The molecule has 2 aromatic rings. The van der Waals surface area contributed by atoms with Gasteiger partial charge in [0, 0.05) is 5.56 Å². The summed E-state index contributed by atoms with van der Waals surface area (Å²) in [5.74, 6) is 0.567. The van der Waals surface area contributed by atoms with Crippen molar-refractivity contribution in [3.63, 3.8) is 0 Å². The summed E-state index contributed by atoms with van der Waals surface area (Å²) in [4.78, 5) is 12.8.